The topological polar surface area (TPSA) is 47.6 Å². The summed E-state index contributed by atoms with van der Waals surface area (Å²) in [5.74, 6) is -1.84. The van der Waals surface area contributed by atoms with Crippen LogP contribution in [0.2, 0.25) is 0 Å². The summed E-state index contributed by atoms with van der Waals surface area (Å²) in [7, 11) is 0.489. The predicted octanol–water partition coefficient (Wildman–Crippen LogP) is 7.29. The van der Waals surface area contributed by atoms with Gasteiger partial charge in [0, 0.05) is 33.0 Å². The Morgan fingerprint density at radius 2 is 1.68 bits per heavy atom. The maximum Gasteiger partial charge on any atom is 0.198 e. The van der Waals surface area contributed by atoms with Crippen LogP contribution in [-0.2, 0) is 22.0 Å². The molecule has 0 saturated carbocycles. The Hall–Kier alpha value is -2.57. The number of nitrogens with one attached hydrogen (secondary N) is 1. The van der Waals surface area contributed by atoms with Gasteiger partial charge in [-0.2, -0.15) is 0 Å². The normalized spacial score (nSPS) is 11.8. The van der Waals surface area contributed by atoms with Gasteiger partial charge in [0.1, 0.15) is 12.0 Å². The summed E-state index contributed by atoms with van der Waals surface area (Å²) in [5.41, 5.74) is 3.05. The standard InChI is InChI=1S/C26H26F2NO3PS/c1-3-31-33-17-20-6-4-19(5-7-20)15-29-34-23-10-8-22(9-11-23)32-26-24(27)13-21(14-25(26)28)12-18(2)16-30/h4-14,16,29,33H,3,15,17H2,1-2H3/b18-12+. The number of hydrogen-bond acceptors (Lipinski definition) is 5. The third-order valence-corrected chi connectivity index (χ3v) is 6.50. The van der Waals surface area contributed by atoms with Crippen LogP contribution in [0.15, 0.2) is 71.1 Å². The monoisotopic (exact) mass is 501 g/mol. The third kappa shape index (κ3) is 8.03. The van der Waals surface area contributed by atoms with E-state index in [0.29, 0.717) is 33.0 Å². The molecule has 0 saturated heterocycles. The van der Waals surface area contributed by atoms with Gasteiger partial charge >= 0.3 is 0 Å². The highest BCUT2D eigenvalue weighted by Crippen LogP contribution is 2.30. The van der Waals surface area contributed by atoms with Gasteiger partial charge in [-0.05, 0) is 90.5 Å². The molecule has 8 heteroatoms. The van der Waals surface area contributed by atoms with Gasteiger partial charge in [0.15, 0.2) is 17.4 Å². The van der Waals surface area contributed by atoms with E-state index >= 15 is 0 Å². The van der Waals surface area contributed by atoms with Crippen molar-refractivity contribution in [2.45, 2.75) is 31.4 Å². The fourth-order valence-corrected chi connectivity index (χ4v) is 4.35. The molecule has 0 aromatic heterocycles. The molecule has 34 heavy (non-hydrogen) atoms. The van der Waals surface area contributed by atoms with Crippen LogP contribution in [0.5, 0.6) is 11.5 Å². The largest absolute Gasteiger partial charge is 0.451 e. The number of ether oxygens (including phenoxy) is 1. The molecule has 1 N–H and O–H groups in total. The first kappa shape index (κ1) is 26.0. The molecule has 0 amide bonds. The Morgan fingerprint density at radius 1 is 1.03 bits per heavy atom. The van der Waals surface area contributed by atoms with Crippen LogP contribution in [0.25, 0.3) is 6.08 Å². The van der Waals surface area contributed by atoms with Crippen molar-refractivity contribution in [3.05, 3.63) is 94.6 Å². The molecule has 0 radical (unpaired) electrons. The maximum atomic E-state index is 14.4. The van der Waals surface area contributed by atoms with Crippen LogP contribution in [0.4, 0.5) is 8.78 Å². The summed E-state index contributed by atoms with van der Waals surface area (Å²) in [4.78, 5) is 11.7. The van der Waals surface area contributed by atoms with Crippen molar-refractivity contribution < 1.29 is 22.8 Å². The lowest BCUT2D eigenvalue weighted by Gasteiger charge is -2.10. The molecule has 0 aliphatic heterocycles. The fraction of sp³-hybridized carbons (Fsp3) is 0.192. The second-order valence-corrected chi connectivity index (χ2v) is 9.28. The fourth-order valence-electron chi connectivity index (χ4n) is 2.96. The number of aldehydes is 1. The Labute approximate surface area is 204 Å². The molecule has 0 aliphatic rings. The first-order chi connectivity index (χ1) is 16.5. The molecular weight excluding hydrogens is 475 g/mol. The molecule has 4 nitrogen and oxygen atoms in total. The van der Waals surface area contributed by atoms with Crippen molar-refractivity contribution in [3.8, 4) is 11.5 Å². The molecule has 3 aromatic rings. The van der Waals surface area contributed by atoms with E-state index in [0.717, 1.165) is 29.8 Å². The van der Waals surface area contributed by atoms with E-state index in [1.807, 2.05) is 19.1 Å². The molecule has 3 rings (SSSR count). The Balaban J connectivity index is 1.52. The Morgan fingerprint density at radius 3 is 2.29 bits per heavy atom. The lowest BCUT2D eigenvalue weighted by Crippen LogP contribution is -2.02. The third-order valence-electron chi connectivity index (χ3n) is 4.66. The minimum Gasteiger partial charge on any atom is -0.451 e. The van der Waals surface area contributed by atoms with Gasteiger partial charge < -0.3 is 9.26 Å². The van der Waals surface area contributed by atoms with Crippen molar-refractivity contribution in [2.75, 3.05) is 6.61 Å². The number of halogens is 2. The van der Waals surface area contributed by atoms with Crippen molar-refractivity contribution in [1.29, 1.82) is 0 Å². The molecule has 0 bridgehead atoms. The van der Waals surface area contributed by atoms with Gasteiger partial charge in [0.25, 0.3) is 0 Å². The van der Waals surface area contributed by atoms with Crippen LogP contribution in [-0.4, -0.2) is 12.9 Å². The summed E-state index contributed by atoms with van der Waals surface area (Å²) in [6.07, 6.45) is 2.95. The van der Waals surface area contributed by atoms with Gasteiger partial charge in [-0.25, -0.2) is 8.78 Å². The van der Waals surface area contributed by atoms with Crippen molar-refractivity contribution in [1.82, 2.24) is 4.72 Å². The molecule has 1 atom stereocenters. The van der Waals surface area contributed by atoms with Gasteiger partial charge in [0.05, 0.1) is 0 Å². The van der Waals surface area contributed by atoms with Crippen molar-refractivity contribution in [3.63, 3.8) is 0 Å². The second-order valence-electron chi connectivity index (χ2n) is 7.39. The highest BCUT2D eigenvalue weighted by Gasteiger charge is 2.13. The minimum atomic E-state index is -0.838. The highest BCUT2D eigenvalue weighted by molar-refractivity contribution is 7.97. The number of allylic oxidation sites excluding steroid dienone is 1. The van der Waals surface area contributed by atoms with E-state index < -0.39 is 17.4 Å². The van der Waals surface area contributed by atoms with E-state index in [9.17, 15) is 13.6 Å². The maximum absolute atomic E-state index is 14.4. The molecule has 0 fully saturated rings. The summed E-state index contributed by atoms with van der Waals surface area (Å²) >= 11 is 1.46. The Bertz CT molecular complexity index is 1100. The van der Waals surface area contributed by atoms with Crippen molar-refractivity contribution in [2.24, 2.45) is 0 Å². The molecule has 1 unspecified atom stereocenters. The molecule has 178 valence electrons. The molecular formula is C26H26F2NO3PS. The smallest absolute Gasteiger partial charge is 0.198 e. The molecule has 0 aliphatic carbocycles. The van der Waals surface area contributed by atoms with Gasteiger partial charge in [-0.3, -0.25) is 9.52 Å². The SMILES string of the molecule is CCOPCc1ccc(CNSc2ccc(Oc3c(F)cc(/C=C(\C)C=O)cc3F)cc2)cc1. The van der Waals surface area contributed by atoms with Gasteiger partial charge in [-0.1, -0.05) is 24.3 Å². The lowest BCUT2D eigenvalue weighted by molar-refractivity contribution is -0.104. The molecule has 0 spiro atoms. The lowest BCUT2D eigenvalue weighted by atomic mass is 10.1. The number of carbonyl (C=O) groups excluding carboxylic acids is 1. The zero-order valence-electron chi connectivity index (χ0n) is 18.9. The van der Waals surface area contributed by atoms with E-state index in [2.05, 4.69) is 29.0 Å². The van der Waals surface area contributed by atoms with Crippen LogP contribution >= 0.6 is 20.8 Å². The van der Waals surface area contributed by atoms with Gasteiger partial charge in [0.2, 0.25) is 0 Å². The number of carbonyl (C=O) groups is 1. The number of benzene rings is 3. The molecule has 3 aromatic carbocycles. The minimum absolute atomic E-state index is 0.255. The summed E-state index contributed by atoms with van der Waals surface area (Å²) < 4.78 is 42.9. The van der Waals surface area contributed by atoms with E-state index in [4.69, 9.17) is 9.26 Å². The van der Waals surface area contributed by atoms with Crippen LogP contribution < -0.4 is 9.46 Å². The second kappa shape index (κ2) is 13.4. The van der Waals surface area contributed by atoms with E-state index in [1.165, 1.54) is 29.2 Å². The zero-order chi connectivity index (χ0) is 24.3. The zero-order valence-corrected chi connectivity index (χ0v) is 20.8. The quantitative estimate of drug-likeness (QED) is 0.0929. The summed E-state index contributed by atoms with van der Waals surface area (Å²) in [5, 5.41) is 0. The van der Waals surface area contributed by atoms with Crippen LogP contribution in [0.3, 0.4) is 0 Å². The summed E-state index contributed by atoms with van der Waals surface area (Å²) in [6.45, 7) is 4.99. The average Bonchev–Trinajstić information content (AvgIpc) is 2.83. The van der Waals surface area contributed by atoms with Crippen LogP contribution in [0, 0.1) is 11.6 Å². The van der Waals surface area contributed by atoms with E-state index in [1.54, 1.807) is 19.1 Å². The van der Waals surface area contributed by atoms with Crippen molar-refractivity contribution >= 4 is 33.1 Å². The number of rotatable bonds is 12. The van der Waals surface area contributed by atoms with Gasteiger partial charge in [-0.15, -0.1) is 0 Å². The van der Waals surface area contributed by atoms with E-state index in [-0.39, 0.29) is 5.56 Å². The highest BCUT2D eigenvalue weighted by atomic mass is 32.2. The summed E-state index contributed by atoms with van der Waals surface area (Å²) in [6, 6.07) is 17.6. The predicted molar refractivity (Wildman–Crippen MR) is 135 cm³/mol. The first-order valence-electron chi connectivity index (χ1n) is 10.7. The Kier molecular flexibility index (Phi) is 10.2. The van der Waals surface area contributed by atoms with Crippen LogP contribution in [0.1, 0.15) is 30.5 Å². The first-order valence-corrected chi connectivity index (χ1v) is 12.6. The molecule has 0 heterocycles. The number of hydrogen-bond donors (Lipinski definition) is 1. The average molecular weight is 502 g/mol.